The Balaban J connectivity index is 1.62. The van der Waals surface area contributed by atoms with Crippen LogP contribution in [0.4, 0.5) is 0 Å². The Morgan fingerprint density at radius 3 is 2.56 bits per heavy atom. The zero-order chi connectivity index (χ0) is 17.8. The number of hydrogen-bond donors (Lipinski definition) is 1. The number of carbonyl (C=O) groups is 2. The molecule has 4 nitrogen and oxygen atoms in total. The quantitative estimate of drug-likeness (QED) is 0.873. The Labute approximate surface area is 156 Å². The van der Waals surface area contributed by atoms with Crippen LogP contribution >= 0.6 is 23.2 Å². The van der Waals surface area contributed by atoms with E-state index in [4.69, 9.17) is 23.2 Å². The van der Waals surface area contributed by atoms with Crippen LogP contribution in [0.2, 0.25) is 10.0 Å². The monoisotopic (exact) mass is 376 g/mol. The van der Waals surface area contributed by atoms with Crippen molar-refractivity contribution in [2.24, 2.45) is 0 Å². The topological polar surface area (TPSA) is 49.4 Å². The molecule has 0 aromatic heterocycles. The lowest BCUT2D eigenvalue weighted by Gasteiger charge is -2.25. The molecule has 0 spiro atoms. The largest absolute Gasteiger partial charge is 0.343 e. The lowest BCUT2D eigenvalue weighted by Crippen LogP contribution is -2.39. The maximum Gasteiger partial charge on any atom is 0.251 e. The summed E-state index contributed by atoms with van der Waals surface area (Å²) in [6.45, 7) is 0.670. The van der Waals surface area contributed by atoms with Gasteiger partial charge in [0.2, 0.25) is 5.91 Å². The zero-order valence-electron chi connectivity index (χ0n) is 13.5. The zero-order valence-corrected chi connectivity index (χ0v) is 15.1. The third-order valence-electron chi connectivity index (χ3n) is 4.34. The summed E-state index contributed by atoms with van der Waals surface area (Å²) in [5.41, 5.74) is 1.51. The van der Waals surface area contributed by atoms with Crippen molar-refractivity contribution in [3.63, 3.8) is 0 Å². The average molecular weight is 377 g/mol. The van der Waals surface area contributed by atoms with E-state index in [1.54, 1.807) is 12.1 Å². The van der Waals surface area contributed by atoms with Gasteiger partial charge in [0.1, 0.15) is 0 Å². The molecule has 1 N–H and O–H groups in total. The molecule has 0 radical (unpaired) electrons. The first-order valence-corrected chi connectivity index (χ1v) is 8.89. The summed E-state index contributed by atoms with van der Waals surface area (Å²) in [5.74, 6) is -0.429. The molecule has 0 unspecified atom stereocenters. The smallest absolute Gasteiger partial charge is 0.251 e. The van der Waals surface area contributed by atoms with Crippen LogP contribution in [0.25, 0.3) is 0 Å². The molecule has 1 fully saturated rings. The minimum Gasteiger partial charge on any atom is -0.343 e. The van der Waals surface area contributed by atoms with Gasteiger partial charge in [-0.15, -0.1) is 0 Å². The van der Waals surface area contributed by atoms with Gasteiger partial charge in [-0.2, -0.15) is 0 Å². The third kappa shape index (κ3) is 4.14. The molecule has 1 atom stereocenters. The molecule has 3 rings (SSSR count). The van der Waals surface area contributed by atoms with Crippen molar-refractivity contribution in [3.8, 4) is 0 Å². The number of benzene rings is 2. The number of carbonyl (C=O) groups excluding carboxylic acids is 2. The first-order valence-electron chi connectivity index (χ1n) is 8.14. The van der Waals surface area contributed by atoms with E-state index < -0.39 is 0 Å². The van der Waals surface area contributed by atoms with Crippen molar-refractivity contribution in [2.75, 3.05) is 13.1 Å². The highest BCUT2D eigenvalue weighted by Crippen LogP contribution is 2.31. The molecule has 6 heteroatoms. The second-order valence-electron chi connectivity index (χ2n) is 5.97. The predicted octanol–water partition coefficient (Wildman–Crippen LogP) is 4.09. The highest BCUT2D eigenvalue weighted by molar-refractivity contribution is 6.42. The second-order valence-corrected chi connectivity index (χ2v) is 6.78. The summed E-state index contributed by atoms with van der Waals surface area (Å²) in [7, 11) is 0. The standard InChI is InChI=1S/C19H18Cl2N2O2/c20-15-9-8-14(11-16(15)21)19(25)22-12-18(24)23-10-4-7-17(23)13-5-2-1-3-6-13/h1-3,5-6,8-9,11,17H,4,7,10,12H2,(H,22,25)/t17-/m1/s1. The molecule has 1 aliphatic heterocycles. The number of likely N-dealkylation sites (tertiary alicyclic amines) is 1. The van der Waals surface area contributed by atoms with Crippen LogP contribution in [0, 0.1) is 0 Å². The van der Waals surface area contributed by atoms with Gasteiger partial charge in [0.05, 0.1) is 22.6 Å². The highest BCUT2D eigenvalue weighted by Gasteiger charge is 2.29. The first kappa shape index (κ1) is 17.8. The fraction of sp³-hybridized carbons (Fsp3) is 0.263. The molecule has 0 bridgehead atoms. The SMILES string of the molecule is O=C(NCC(=O)N1CCC[C@@H]1c1ccccc1)c1ccc(Cl)c(Cl)c1. The van der Waals surface area contributed by atoms with Crippen LogP contribution in [-0.4, -0.2) is 29.8 Å². The lowest BCUT2D eigenvalue weighted by molar-refractivity contribution is -0.131. The van der Waals surface area contributed by atoms with Crippen LogP contribution in [-0.2, 0) is 4.79 Å². The normalized spacial score (nSPS) is 16.7. The van der Waals surface area contributed by atoms with Gasteiger partial charge in [0.15, 0.2) is 0 Å². The Kier molecular flexibility index (Phi) is 5.61. The summed E-state index contributed by atoms with van der Waals surface area (Å²) in [4.78, 5) is 26.6. The Morgan fingerprint density at radius 1 is 1.08 bits per heavy atom. The Bertz CT molecular complexity index is 780. The fourth-order valence-corrected chi connectivity index (χ4v) is 3.38. The molecule has 1 aliphatic rings. The number of halogens is 2. The number of hydrogen-bond acceptors (Lipinski definition) is 2. The van der Waals surface area contributed by atoms with E-state index in [1.807, 2.05) is 35.2 Å². The summed E-state index contributed by atoms with van der Waals surface area (Å²) in [6, 6.07) is 14.7. The van der Waals surface area contributed by atoms with E-state index in [9.17, 15) is 9.59 Å². The molecule has 0 saturated carbocycles. The van der Waals surface area contributed by atoms with Gasteiger partial charge in [-0.3, -0.25) is 9.59 Å². The van der Waals surface area contributed by atoms with Crippen LogP contribution in [0.5, 0.6) is 0 Å². The van der Waals surface area contributed by atoms with Gasteiger partial charge in [0.25, 0.3) is 5.91 Å². The number of amides is 2. The van der Waals surface area contributed by atoms with Crippen molar-refractivity contribution in [3.05, 3.63) is 69.7 Å². The minimum atomic E-state index is -0.345. The van der Waals surface area contributed by atoms with Crippen LogP contribution in [0.1, 0.15) is 34.8 Å². The molecule has 1 saturated heterocycles. The third-order valence-corrected chi connectivity index (χ3v) is 5.08. The van der Waals surface area contributed by atoms with Gasteiger partial charge in [-0.25, -0.2) is 0 Å². The van der Waals surface area contributed by atoms with E-state index in [2.05, 4.69) is 5.32 Å². The van der Waals surface area contributed by atoms with E-state index >= 15 is 0 Å². The molecule has 2 amide bonds. The summed E-state index contributed by atoms with van der Waals surface area (Å²) >= 11 is 11.8. The van der Waals surface area contributed by atoms with Gasteiger partial charge in [0, 0.05) is 12.1 Å². The van der Waals surface area contributed by atoms with Crippen molar-refractivity contribution in [1.29, 1.82) is 0 Å². The van der Waals surface area contributed by atoms with Crippen molar-refractivity contribution < 1.29 is 9.59 Å². The molecule has 1 heterocycles. The van der Waals surface area contributed by atoms with Crippen molar-refractivity contribution in [2.45, 2.75) is 18.9 Å². The van der Waals surface area contributed by atoms with Crippen LogP contribution in [0.3, 0.4) is 0 Å². The lowest BCUT2D eigenvalue weighted by atomic mass is 10.0. The Morgan fingerprint density at radius 2 is 1.84 bits per heavy atom. The van der Waals surface area contributed by atoms with E-state index in [0.717, 1.165) is 18.4 Å². The van der Waals surface area contributed by atoms with Crippen molar-refractivity contribution in [1.82, 2.24) is 10.2 Å². The molecule has 25 heavy (non-hydrogen) atoms. The van der Waals surface area contributed by atoms with Crippen molar-refractivity contribution >= 4 is 35.0 Å². The van der Waals surface area contributed by atoms with E-state index in [0.29, 0.717) is 22.2 Å². The maximum atomic E-state index is 12.5. The van der Waals surface area contributed by atoms with Gasteiger partial charge in [-0.05, 0) is 36.6 Å². The summed E-state index contributed by atoms with van der Waals surface area (Å²) in [6.07, 6.45) is 1.91. The predicted molar refractivity (Wildman–Crippen MR) is 98.9 cm³/mol. The van der Waals surface area contributed by atoms with Gasteiger partial charge >= 0.3 is 0 Å². The molecule has 0 aliphatic carbocycles. The van der Waals surface area contributed by atoms with E-state index in [-0.39, 0.29) is 24.4 Å². The van der Waals surface area contributed by atoms with Crippen LogP contribution < -0.4 is 5.32 Å². The number of rotatable bonds is 4. The second kappa shape index (κ2) is 7.89. The summed E-state index contributed by atoms with van der Waals surface area (Å²) < 4.78 is 0. The average Bonchev–Trinajstić information content (AvgIpc) is 3.12. The first-order chi connectivity index (χ1) is 12.1. The molecular weight excluding hydrogens is 359 g/mol. The van der Waals surface area contributed by atoms with Gasteiger partial charge < -0.3 is 10.2 Å². The fourth-order valence-electron chi connectivity index (χ4n) is 3.08. The molecule has 2 aromatic rings. The molecule has 2 aromatic carbocycles. The minimum absolute atomic E-state index is 0.0393. The van der Waals surface area contributed by atoms with Gasteiger partial charge in [-0.1, -0.05) is 53.5 Å². The van der Waals surface area contributed by atoms with Crippen LogP contribution in [0.15, 0.2) is 48.5 Å². The number of nitrogens with one attached hydrogen (secondary N) is 1. The Hall–Kier alpha value is -2.04. The maximum absolute atomic E-state index is 12.5. The number of nitrogens with zero attached hydrogens (tertiary/aromatic N) is 1. The molecule has 130 valence electrons. The molecular formula is C19H18Cl2N2O2. The summed E-state index contributed by atoms with van der Waals surface area (Å²) in [5, 5.41) is 3.36. The van der Waals surface area contributed by atoms with E-state index in [1.165, 1.54) is 6.07 Å². The highest BCUT2D eigenvalue weighted by atomic mass is 35.5.